The summed E-state index contributed by atoms with van der Waals surface area (Å²) in [6, 6.07) is 8.51. The highest BCUT2D eigenvalue weighted by Gasteiger charge is 2.69. The van der Waals surface area contributed by atoms with Crippen LogP contribution in [0.15, 0.2) is 30.3 Å². The standard InChI is InChI=1S/C31H35N3O7/c1-6-14-11-18(15-7-9-17(10-8-15)33(2)3)19-12-16-13-20-24(34(4)5)27(37)23(30(32)40)29(39)31(20,41)28(38)21(16)26(36)22(19)25(14)35/h7-11,16,20-21,23-24,35,41H,6,12-13H2,1-5H3,(H2,32,40)/t16-,20-,21?,23?,24?,31-/m0/s1. The lowest BCUT2D eigenvalue weighted by atomic mass is 9.52. The maximum Gasteiger partial charge on any atom is 0.235 e. The maximum absolute atomic E-state index is 14.1. The number of hydrogen-bond donors (Lipinski definition) is 3. The number of ketones is 4. The fraction of sp³-hybridized carbons (Fsp3) is 0.452. The van der Waals surface area contributed by atoms with E-state index in [2.05, 4.69) is 0 Å². The van der Waals surface area contributed by atoms with Crippen LogP contribution < -0.4 is 10.6 Å². The van der Waals surface area contributed by atoms with Gasteiger partial charge in [0.05, 0.1) is 17.5 Å². The molecule has 216 valence electrons. The highest BCUT2D eigenvalue weighted by Crippen LogP contribution is 2.52. The van der Waals surface area contributed by atoms with Crippen molar-refractivity contribution in [1.29, 1.82) is 0 Å². The van der Waals surface area contributed by atoms with Crippen molar-refractivity contribution >= 4 is 34.7 Å². The Bertz CT molecular complexity index is 1500. The molecule has 4 N–H and O–H groups in total. The van der Waals surface area contributed by atoms with Crippen LogP contribution in [0.5, 0.6) is 5.75 Å². The number of nitrogens with two attached hydrogens (primary N) is 1. The molecule has 2 fully saturated rings. The summed E-state index contributed by atoms with van der Waals surface area (Å²) >= 11 is 0. The van der Waals surface area contributed by atoms with Gasteiger partial charge in [-0.2, -0.15) is 0 Å². The highest BCUT2D eigenvalue weighted by molar-refractivity contribution is 6.32. The number of benzene rings is 2. The second-order valence-corrected chi connectivity index (χ2v) is 11.9. The molecule has 2 saturated carbocycles. The lowest BCUT2D eigenvalue weighted by Crippen LogP contribution is -2.74. The van der Waals surface area contributed by atoms with Crippen LogP contribution in [0.4, 0.5) is 5.69 Å². The van der Waals surface area contributed by atoms with Gasteiger partial charge in [0.1, 0.15) is 5.75 Å². The number of hydrogen-bond acceptors (Lipinski definition) is 9. The Morgan fingerprint density at radius 1 is 1.05 bits per heavy atom. The molecule has 1 amide bonds. The zero-order valence-electron chi connectivity index (χ0n) is 23.8. The van der Waals surface area contributed by atoms with Gasteiger partial charge in [-0.05, 0) is 79.7 Å². The number of fused-ring (bicyclic) bond motifs is 3. The van der Waals surface area contributed by atoms with Crippen LogP contribution in [0.1, 0.15) is 34.8 Å². The quantitative estimate of drug-likeness (QED) is 0.456. The van der Waals surface area contributed by atoms with E-state index in [1.165, 1.54) is 4.90 Å². The third kappa shape index (κ3) is 4.03. The van der Waals surface area contributed by atoms with Gasteiger partial charge >= 0.3 is 0 Å². The van der Waals surface area contributed by atoms with Crippen molar-refractivity contribution in [2.75, 3.05) is 33.1 Å². The van der Waals surface area contributed by atoms with Gasteiger partial charge in [0.2, 0.25) is 5.91 Å². The van der Waals surface area contributed by atoms with Crippen LogP contribution in [0.3, 0.4) is 0 Å². The first-order valence-electron chi connectivity index (χ1n) is 13.8. The number of carbonyl (C=O) groups excluding carboxylic acids is 5. The van der Waals surface area contributed by atoms with E-state index in [9.17, 15) is 34.2 Å². The summed E-state index contributed by atoms with van der Waals surface area (Å²) < 4.78 is 0. The minimum absolute atomic E-state index is 0.0131. The Kier molecular flexibility index (Phi) is 6.90. The van der Waals surface area contributed by atoms with Gasteiger partial charge in [0, 0.05) is 25.7 Å². The fourth-order valence-corrected chi connectivity index (χ4v) is 7.19. The molecule has 0 bridgehead atoms. The molecule has 0 spiro atoms. The van der Waals surface area contributed by atoms with Crippen LogP contribution in [0, 0.1) is 23.7 Å². The van der Waals surface area contributed by atoms with Gasteiger partial charge in [-0.1, -0.05) is 19.1 Å². The third-order valence-corrected chi connectivity index (χ3v) is 9.22. The zero-order valence-corrected chi connectivity index (χ0v) is 23.8. The minimum atomic E-state index is -2.74. The molecule has 6 atom stereocenters. The lowest BCUT2D eigenvalue weighted by molar-refractivity contribution is -0.181. The number of anilines is 1. The van der Waals surface area contributed by atoms with Crippen LogP contribution >= 0.6 is 0 Å². The predicted octanol–water partition coefficient (Wildman–Crippen LogP) is 1.16. The molecule has 0 saturated heterocycles. The average Bonchev–Trinajstić information content (AvgIpc) is 2.90. The Morgan fingerprint density at radius 3 is 2.22 bits per heavy atom. The van der Waals surface area contributed by atoms with E-state index in [1.54, 1.807) is 14.1 Å². The number of aliphatic hydroxyl groups is 1. The van der Waals surface area contributed by atoms with Crippen LogP contribution in [-0.2, 0) is 32.0 Å². The Labute approximate surface area is 238 Å². The minimum Gasteiger partial charge on any atom is -0.507 e. The zero-order chi connectivity index (χ0) is 30.1. The Balaban J connectivity index is 1.68. The van der Waals surface area contributed by atoms with E-state index in [1.807, 2.05) is 56.3 Å². The molecule has 41 heavy (non-hydrogen) atoms. The van der Waals surface area contributed by atoms with Crippen molar-refractivity contribution in [1.82, 2.24) is 4.90 Å². The van der Waals surface area contributed by atoms with E-state index in [0.717, 1.165) is 16.8 Å². The number of Topliss-reactive ketones (excluding diaryl/α,β-unsaturated/α-hetero) is 4. The molecule has 2 aromatic carbocycles. The van der Waals surface area contributed by atoms with Crippen LogP contribution in [0.25, 0.3) is 11.1 Å². The van der Waals surface area contributed by atoms with E-state index < -0.39 is 64.4 Å². The monoisotopic (exact) mass is 561 g/mol. The van der Waals surface area contributed by atoms with E-state index in [-0.39, 0.29) is 24.2 Å². The summed E-state index contributed by atoms with van der Waals surface area (Å²) in [5.74, 6) is -10.4. The van der Waals surface area contributed by atoms with Crippen molar-refractivity contribution in [3.63, 3.8) is 0 Å². The van der Waals surface area contributed by atoms with Gasteiger partial charge < -0.3 is 20.8 Å². The lowest BCUT2D eigenvalue weighted by Gasteiger charge is -2.52. The van der Waals surface area contributed by atoms with Gasteiger partial charge in [-0.3, -0.25) is 28.9 Å². The normalized spacial score (nSPS) is 29.2. The molecule has 0 heterocycles. The first-order valence-corrected chi connectivity index (χ1v) is 13.8. The Hall–Kier alpha value is -3.89. The van der Waals surface area contributed by atoms with Crippen molar-refractivity contribution in [3.8, 4) is 16.9 Å². The second-order valence-electron chi connectivity index (χ2n) is 11.9. The van der Waals surface area contributed by atoms with E-state index >= 15 is 0 Å². The number of likely N-dealkylation sites (N-methyl/N-ethyl adjacent to an activating group) is 1. The Morgan fingerprint density at radius 2 is 1.68 bits per heavy atom. The average molecular weight is 562 g/mol. The third-order valence-electron chi connectivity index (χ3n) is 9.22. The molecule has 0 aliphatic heterocycles. The first-order chi connectivity index (χ1) is 19.2. The van der Waals surface area contributed by atoms with Gasteiger partial charge in [-0.15, -0.1) is 0 Å². The topological polar surface area (TPSA) is 158 Å². The molecular weight excluding hydrogens is 526 g/mol. The molecule has 2 aromatic rings. The molecule has 10 nitrogen and oxygen atoms in total. The second kappa shape index (κ2) is 9.88. The molecule has 0 radical (unpaired) electrons. The number of aromatic hydroxyl groups is 1. The molecule has 3 aliphatic rings. The number of phenols is 1. The molecule has 10 heteroatoms. The molecular formula is C31H35N3O7. The highest BCUT2D eigenvalue weighted by atomic mass is 16.3. The number of amides is 1. The van der Waals surface area contributed by atoms with Crippen molar-refractivity contribution in [2.24, 2.45) is 29.4 Å². The van der Waals surface area contributed by atoms with Crippen molar-refractivity contribution in [3.05, 3.63) is 47.0 Å². The van der Waals surface area contributed by atoms with Gasteiger partial charge in [-0.25, -0.2) is 0 Å². The summed E-state index contributed by atoms with van der Waals surface area (Å²) in [6.45, 7) is 1.85. The predicted molar refractivity (Wildman–Crippen MR) is 150 cm³/mol. The fourth-order valence-electron chi connectivity index (χ4n) is 7.19. The van der Waals surface area contributed by atoms with Crippen LogP contribution in [0.2, 0.25) is 0 Å². The largest absolute Gasteiger partial charge is 0.507 e. The number of primary amides is 1. The number of rotatable bonds is 5. The number of phenolic OH excluding ortho intramolecular Hbond substituents is 1. The van der Waals surface area contributed by atoms with Crippen molar-refractivity contribution < 1.29 is 34.2 Å². The van der Waals surface area contributed by atoms with Crippen molar-refractivity contribution in [2.45, 2.75) is 37.8 Å². The maximum atomic E-state index is 14.1. The molecule has 3 aliphatic carbocycles. The van der Waals surface area contributed by atoms with Gasteiger partial charge in [0.25, 0.3) is 0 Å². The van der Waals surface area contributed by atoms with Crippen LogP contribution in [-0.4, -0.2) is 84.0 Å². The van der Waals surface area contributed by atoms with E-state index in [4.69, 9.17) is 5.73 Å². The number of aryl methyl sites for hydroxylation is 1. The summed E-state index contributed by atoms with van der Waals surface area (Å²) in [4.78, 5) is 70.5. The molecule has 5 rings (SSSR count). The first kappa shape index (κ1) is 28.6. The summed E-state index contributed by atoms with van der Waals surface area (Å²) in [7, 11) is 6.99. The SMILES string of the molecule is CCc1cc(-c2ccc(N(C)C)cc2)c2c(c1O)C(=O)C1C(=O)[C@]3(O)C(=O)C(C(N)=O)C(=O)C(N(C)C)[C@@H]3C[C@@H]1C2. The van der Waals surface area contributed by atoms with E-state index in [0.29, 0.717) is 17.5 Å². The summed E-state index contributed by atoms with van der Waals surface area (Å²) in [6.07, 6.45) is 0.655. The smallest absolute Gasteiger partial charge is 0.235 e. The molecule has 3 unspecified atom stereocenters. The number of nitrogens with zero attached hydrogens (tertiary/aromatic N) is 2. The molecule has 0 aromatic heterocycles. The van der Waals surface area contributed by atoms with Gasteiger partial charge in [0.15, 0.2) is 34.7 Å². The number of carbonyl (C=O) groups is 5. The summed E-state index contributed by atoms with van der Waals surface area (Å²) in [5.41, 5.74) is 6.37. The summed E-state index contributed by atoms with van der Waals surface area (Å²) in [5, 5.41) is 23.0.